The van der Waals surface area contributed by atoms with Gasteiger partial charge in [-0.2, -0.15) is 0 Å². The molecule has 0 aromatic heterocycles. The second kappa shape index (κ2) is 8.18. The van der Waals surface area contributed by atoms with Gasteiger partial charge in [0, 0.05) is 6.54 Å². The van der Waals surface area contributed by atoms with Crippen LogP contribution in [0.1, 0.15) is 50.2 Å². The topological polar surface area (TPSA) is 41.1 Å². The van der Waals surface area contributed by atoms with Crippen molar-refractivity contribution in [2.45, 2.75) is 45.4 Å². The quantitative estimate of drug-likeness (QED) is 0.686. The minimum atomic E-state index is 0.116. The Kier molecular flexibility index (Phi) is 6.24. The predicted octanol–water partition coefficient (Wildman–Crippen LogP) is 2.86. The maximum absolute atomic E-state index is 11.6. The Morgan fingerprint density at radius 1 is 1.24 bits per heavy atom. The van der Waals surface area contributed by atoms with Crippen molar-refractivity contribution < 1.29 is 4.79 Å². The summed E-state index contributed by atoms with van der Waals surface area (Å²) in [5.41, 5.74) is 2.73. The molecule has 1 aromatic carbocycles. The zero-order valence-electron chi connectivity index (χ0n) is 13.3. The van der Waals surface area contributed by atoms with E-state index < -0.39 is 0 Å². The zero-order valence-corrected chi connectivity index (χ0v) is 13.3. The summed E-state index contributed by atoms with van der Waals surface area (Å²) >= 11 is 0. The molecular formula is C18H28N2O. The molecule has 0 radical (unpaired) electrons. The number of carbonyl (C=O) groups excluding carboxylic acids is 1. The molecule has 0 heterocycles. The minimum absolute atomic E-state index is 0.116. The van der Waals surface area contributed by atoms with Gasteiger partial charge in [-0.1, -0.05) is 38.1 Å². The van der Waals surface area contributed by atoms with Crippen LogP contribution in [-0.2, 0) is 11.2 Å². The van der Waals surface area contributed by atoms with E-state index in [0.29, 0.717) is 12.5 Å². The molecule has 116 valence electrons. The fourth-order valence-corrected chi connectivity index (χ4v) is 2.36. The summed E-state index contributed by atoms with van der Waals surface area (Å²) < 4.78 is 0. The van der Waals surface area contributed by atoms with Gasteiger partial charge in [0.05, 0.1) is 6.54 Å². The van der Waals surface area contributed by atoms with Gasteiger partial charge in [0.1, 0.15) is 0 Å². The van der Waals surface area contributed by atoms with Gasteiger partial charge in [0.15, 0.2) is 0 Å². The van der Waals surface area contributed by atoms with E-state index in [4.69, 9.17) is 0 Å². The molecule has 0 aliphatic heterocycles. The molecule has 1 aliphatic rings. The molecule has 0 spiro atoms. The molecule has 0 bridgehead atoms. The van der Waals surface area contributed by atoms with Crippen molar-refractivity contribution in [1.82, 2.24) is 10.6 Å². The highest BCUT2D eigenvalue weighted by Gasteiger charge is 2.20. The molecule has 3 heteroatoms. The van der Waals surface area contributed by atoms with Gasteiger partial charge >= 0.3 is 0 Å². The van der Waals surface area contributed by atoms with Crippen LogP contribution in [0.5, 0.6) is 0 Å². The molecule has 2 rings (SSSR count). The molecule has 2 N–H and O–H groups in total. The molecule has 1 fully saturated rings. The van der Waals surface area contributed by atoms with Crippen LogP contribution in [-0.4, -0.2) is 25.5 Å². The van der Waals surface area contributed by atoms with E-state index in [0.717, 1.165) is 31.8 Å². The lowest BCUT2D eigenvalue weighted by Crippen LogP contribution is -2.35. The first-order valence-electron chi connectivity index (χ1n) is 8.21. The van der Waals surface area contributed by atoms with Crippen LogP contribution in [0.2, 0.25) is 0 Å². The molecule has 1 aromatic rings. The number of carbonyl (C=O) groups is 1. The number of benzene rings is 1. The third-order valence-corrected chi connectivity index (χ3v) is 4.03. The monoisotopic (exact) mass is 288 g/mol. The minimum Gasteiger partial charge on any atom is -0.355 e. The highest BCUT2D eigenvalue weighted by molar-refractivity contribution is 5.77. The Balaban J connectivity index is 1.54. The molecular weight excluding hydrogens is 260 g/mol. The molecule has 1 aliphatic carbocycles. The molecule has 0 saturated heterocycles. The lowest BCUT2D eigenvalue weighted by Gasteiger charge is -2.08. The lowest BCUT2D eigenvalue weighted by atomic mass is 10.0. The van der Waals surface area contributed by atoms with Crippen molar-refractivity contribution in [3.05, 3.63) is 35.4 Å². The van der Waals surface area contributed by atoms with E-state index in [-0.39, 0.29) is 5.91 Å². The van der Waals surface area contributed by atoms with Crippen molar-refractivity contribution in [1.29, 1.82) is 0 Å². The number of aryl methyl sites for hydroxylation is 1. The number of amides is 1. The second-order valence-electron chi connectivity index (χ2n) is 6.42. The number of nitrogens with one attached hydrogen (secondary N) is 2. The lowest BCUT2D eigenvalue weighted by molar-refractivity contribution is -0.120. The third-order valence-electron chi connectivity index (χ3n) is 4.03. The van der Waals surface area contributed by atoms with Gasteiger partial charge in [0.25, 0.3) is 0 Å². The Bertz CT molecular complexity index is 435. The normalized spacial score (nSPS) is 14.4. The van der Waals surface area contributed by atoms with E-state index in [1.807, 2.05) is 0 Å². The Hall–Kier alpha value is -1.35. The van der Waals surface area contributed by atoms with Gasteiger partial charge < -0.3 is 10.6 Å². The predicted molar refractivity (Wildman–Crippen MR) is 87.5 cm³/mol. The van der Waals surface area contributed by atoms with Crippen LogP contribution in [0.25, 0.3) is 0 Å². The van der Waals surface area contributed by atoms with Crippen LogP contribution in [0, 0.1) is 5.92 Å². The summed E-state index contributed by atoms with van der Waals surface area (Å²) in [5.74, 6) is 1.53. The molecule has 21 heavy (non-hydrogen) atoms. The summed E-state index contributed by atoms with van der Waals surface area (Å²) in [6.07, 6.45) is 4.66. The first-order chi connectivity index (χ1) is 10.1. The first kappa shape index (κ1) is 16.0. The van der Waals surface area contributed by atoms with Gasteiger partial charge in [-0.25, -0.2) is 0 Å². The average Bonchev–Trinajstić information content (AvgIpc) is 3.28. The second-order valence-corrected chi connectivity index (χ2v) is 6.42. The summed E-state index contributed by atoms with van der Waals surface area (Å²) in [6.45, 7) is 6.63. The fourth-order valence-electron chi connectivity index (χ4n) is 2.36. The van der Waals surface area contributed by atoms with Gasteiger partial charge in [-0.05, 0) is 55.2 Å². The molecule has 1 saturated carbocycles. The number of hydrogen-bond donors (Lipinski definition) is 2. The zero-order chi connectivity index (χ0) is 15.1. The SMILES string of the molecule is CC(C)c1ccc(CCCNC(=O)CNCC2CC2)cc1. The molecule has 0 unspecified atom stereocenters. The third kappa shape index (κ3) is 6.30. The van der Waals surface area contributed by atoms with E-state index in [1.165, 1.54) is 24.0 Å². The Morgan fingerprint density at radius 3 is 2.57 bits per heavy atom. The van der Waals surface area contributed by atoms with Crippen LogP contribution in [0.3, 0.4) is 0 Å². The average molecular weight is 288 g/mol. The van der Waals surface area contributed by atoms with E-state index in [9.17, 15) is 4.79 Å². The van der Waals surface area contributed by atoms with Crippen LogP contribution >= 0.6 is 0 Å². The smallest absolute Gasteiger partial charge is 0.233 e. The summed E-state index contributed by atoms with van der Waals surface area (Å²) in [6, 6.07) is 8.82. The largest absolute Gasteiger partial charge is 0.355 e. The maximum Gasteiger partial charge on any atom is 0.233 e. The number of rotatable bonds is 9. The highest BCUT2D eigenvalue weighted by Crippen LogP contribution is 2.27. The van der Waals surface area contributed by atoms with Crippen molar-refractivity contribution in [2.24, 2.45) is 5.92 Å². The van der Waals surface area contributed by atoms with Crippen molar-refractivity contribution in [3.63, 3.8) is 0 Å². The van der Waals surface area contributed by atoms with Gasteiger partial charge in [0.2, 0.25) is 5.91 Å². The molecule has 3 nitrogen and oxygen atoms in total. The van der Waals surface area contributed by atoms with E-state index >= 15 is 0 Å². The number of hydrogen-bond acceptors (Lipinski definition) is 2. The highest BCUT2D eigenvalue weighted by atomic mass is 16.1. The summed E-state index contributed by atoms with van der Waals surface area (Å²) in [4.78, 5) is 11.6. The Labute approximate surface area is 128 Å². The molecule has 0 atom stereocenters. The summed E-state index contributed by atoms with van der Waals surface area (Å²) in [7, 11) is 0. The Morgan fingerprint density at radius 2 is 1.95 bits per heavy atom. The standard InChI is InChI=1S/C18H28N2O/c1-14(2)17-9-7-15(8-10-17)4-3-11-20-18(21)13-19-12-16-5-6-16/h7-10,14,16,19H,3-6,11-13H2,1-2H3,(H,20,21). The maximum atomic E-state index is 11.6. The fraction of sp³-hybridized carbons (Fsp3) is 0.611. The van der Waals surface area contributed by atoms with Crippen molar-refractivity contribution in [2.75, 3.05) is 19.6 Å². The van der Waals surface area contributed by atoms with Crippen molar-refractivity contribution >= 4 is 5.91 Å². The van der Waals surface area contributed by atoms with E-state index in [1.54, 1.807) is 0 Å². The van der Waals surface area contributed by atoms with Crippen LogP contribution in [0.15, 0.2) is 24.3 Å². The molecule has 1 amide bonds. The van der Waals surface area contributed by atoms with Crippen LogP contribution in [0.4, 0.5) is 0 Å². The first-order valence-corrected chi connectivity index (χ1v) is 8.21. The van der Waals surface area contributed by atoms with Crippen molar-refractivity contribution in [3.8, 4) is 0 Å². The summed E-state index contributed by atoms with van der Waals surface area (Å²) in [5, 5.41) is 6.19. The van der Waals surface area contributed by atoms with E-state index in [2.05, 4.69) is 48.7 Å². The van der Waals surface area contributed by atoms with Gasteiger partial charge in [-0.15, -0.1) is 0 Å². The van der Waals surface area contributed by atoms with Gasteiger partial charge in [-0.3, -0.25) is 4.79 Å². The van der Waals surface area contributed by atoms with Crippen LogP contribution < -0.4 is 10.6 Å².